The third-order valence-electron chi connectivity index (χ3n) is 5.46. The van der Waals surface area contributed by atoms with Crippen molar-refractivity contribution in [2.45, 2.75) is 23.2 Å². The van der Waals surface area contributed by atoms with Gasteiger partial charge >= 0.3 is 0 Å². The molecule has 174 valence electrons. The van der Waals surface area contributed by atoms with Gasteiger partial charge in [0.25, 0.3) is 5.56 Å². The van der Waals surface area contributed by atoms with Crippen molar-refractivity contribution in [2.24, 2.45) is 7.05 Å². The standard InChI is InChI=1S/C25H22ClN3O4S/c1-4-10-33-19-9-8-16(12-20(19)32-3)18-13-21(30)27-23-22(18)24(31)28-25(29(23)2)34-14-15-6-5-7-17(26)11-15/h1,5-9,11-12,18H,10,13-14H2,2-3H3,(H,27,30). The van der Waals surface area contributed by atoms with Gasteiger partial charge in [0.15, 0.2) is 16.7 Å². The number of nitrogens with zero attached hydrogens (tertiary/aromatic N) is 2. The Hall–Kier alpha value is -3.41. The minimum absolute atomic E-state index is 0.102. The minimum Gasteiger partial charge on any atom is -0.493 e. The number of hydrogen-bond acceptors (Lipinski definition) is 6. The van der Waals surface area contributed by atoms with Gasteiger partial charge in [-0.25, -0.2) is 0 Å². The van der Waals surface area contributed by atoms with E-state index >= 15 is 0 Å². The van der Waals surface area contributed by atoms with Crippen LogP contribution in [0.2, 0.25) is 5.02 Å². The Morgan fingerprint density at radius 1 is 1.26 bits per heavy atom. The molecule has 0 fully saturated rings. The van der Waals surface area contributed by atoms with E-state index < -0.39 is 5.92 Å². The molecule has 0 saturated heterocycles. The third kappa shape index (κ3) is 4.91. The molecule has 0 spiro atoms. The second-order valence-corrected chi connectivity index (χ2v) is 9.03. The second-order valence-electron chi connectivity index (χ2n) is 7.65. The number of carbonyl (C=O) groups is 1. The van der Waals surface area contributed by atoms with Gasteiger partial charge in [-0.1, -0.05) is 47.5 Å². The Bertz CT molecular complexity index is 1350. The molecule has 0 aliphatic carbocycles. The van der Waals surface area contributed by atoms with Crippen molar-refractivity contribution in [3.05, 3.63) is 74.5 Å². The lowest BCUT2D eigenvalue weighted by Crippen LogP contribution is -2.33. The SMILES string of the molecule is C#CCOc1ccc(C2CC(=O)Nc3c2c(=O)nc(SCc2cccc(Cl)c2)n3C)cc1OC. The van der Waals surface area contributed by atoms with Crippen LogP contribution >= 0.6 is 23.4 Å². The summed E-state index contributed by atoms with van der Waals surface area (Å²) in [6.45, 7) is 0.102. The van der Waals surface area contributed by atoms with E-state index in [1.165, 1.54) is 18.9 Å². The average molecular weight is 496 g/mol. The van der Waals surface area contributed by atoms with Crippen molar-refractivity contribution in [1.29, 1.82) is 0 Å². The Morgan fingerprint density at radius 2 is 2.09 bits per heavy atom. The number of aromatic nitrogens is 2. The number of amides is 1. The average Bonchev–Trinajstić information content (AvgIpc) is 2.83. The molecular weight excluding hydrogens is 474 g/mol. The van der Waals surface area contributed by atoms with Gasteiger partial charge in [-0.3, -0.25) is 9.59 Å². The molecule has 34 heavy (non-hydrogen) atoms. The number of benzene rings is 2. The van der Waals surface area contributed by atoms with Crippen molar-refractivity contribution < 1.29 is 14.3 Å². The molecule has 1 aliphatic rings. The van der Waals surface area contributed by atoms with Crippen molar-refractivity contribution >= 4 is 35.1 Å². The maximum Gasteiger partial charge on any atom is 0.279 e. The van der Waals surface area contributed by atoms with Crippen LogP contribution < -0.4 is 20.3 Å². The lowest BCUT2D eigenvalue weighted by molar-refractivity contribution is -0.116. The molecule has 1 aromatic heterocycles. The zero-order valence-corrected chi connectivity index (χ0v) is 20.2. The number of terminal acetylenes is 1. The molecule has 0 bridgehead atoms. The summed E-state index contributed by atoms with van der Waals surface area (Å²) in [6.07, 6.45) is 5.39. The molecule has 0 radical (unpaired) electrons. The van der Waals surface area contributed by atoms with Crippen LogP contribution in [0, 0.1) is 12.3 Å². The van der Waals surface area contributed by atoms with E-state index in [-0.39, 0.29) is 24.5 Å². The van der Waals surface area contributed by atoms with Gasteiger partial charge in [0.2, 0.25) is 5.91 Å². The molecular formula is C25H22ClN3O4S. The number of thioether (sulfide) groups is 1. The summed E-state index contributed by atoms with van der Waals surface area (Å²) in [6, 6.07) is 12.8. The van der Waals surface area contributed by atoms with Gasteiger partial charge in [0, 0.05) is 30.2 Å². The van der Waals surface area contributed by atoms with Gasteiger partial charge < -0.3 is 19.4 Å². The molecule has 0 saturated carbocycles. The lowest BCUT2D eigenvalue weighted by Gasteiger charge is -2.28. The molecule has 1 atom stereocenters. The largest absolute Gasteiger partial charge is 0.493 e. The number of methoxy groups -OCH3 is 1. The molecule has 1 unspecified atom stereocenters. The summed E-state index contributed by atoms with van der Waals surface area (Å²) >= 11 is 7.47. The normalized spacial score (nSPS) is 14.6. The van der Waals surface area contributed by atoms with E-state index in [9.17, 15) is 9.59 Å². The quantitative estimate of drug-likeness (QED) is 0.300. The number of ether oxygens (including phenoxy) is 2. The topological polar surface area (TPSA) is 82.5 Å². The summed E-state index contributed by atoms with van der Waals surface area (Å²) in [5.41, 5.74) is 1.82. The van der Waals surface area contributed by atoms with E-state index in [4.69, 9.17) is 27.5 Å². The molecule has 1 aliphatic heterocycles. The molecule has 4 rings (SSSR count). The first-order valence-electron chi connectivity index (χ1n) is 10.4. The molecule has 2 aromatic carbocycles. The fourth-order valence-electron chi connectivity index (χ4n) is 3.86. The first-order valence-corrected chi connectivity index (χ1v) is 11.8. The Balaban J connectivity index is 1.70. The predicted molar refractivity (Wildman–Crippen MR) is 133 cm³/mol. The molecule has 1 N–H and O–H groups in total. The number of rotatable bonds is 7. The maximum atomic E-state index is 13.2. The highest BCUT2D eigenvalue weighted by Gasteiger charge is 2.32. The smallest absolute Gasteiger partial charge is 0.279 e. The number of halogens is 1. The van der Waals surface area contributed by atoms with Crippen LogP contribution in [0.5, 0.6) is 11.5 Å². The molecule has 9 heteroatoms. The zero-order valence-electron chi connectivity index (χ0n) is 18.6. The fraction of sp³-hybridized carbons (Fsp3) is 0.240. The summed E-state index contributed by atoms with van der Waals surface area (Å²) in [5, 5.41) is 4.00. The van der Waals surface area contributed by atoms with E-state index in [1.54, 1.807) is 29.8 Å². The lowest BCUT2D eigenvalue weighted by atomic mass is 9.86. The van der Waals surface area contributed by atoms with Crippen LogP contribution in [-0.2, 0) is 17.6 Å². The highest BCUT2D eigenvalue weighted by atomic mass is 35.5. The van der Waals surface area contributed by atoms with Crippen LogP contribution in [-0.4, -0.2) is 29.2 Å². The highest BCUT2D eigenvalue weighted by molar-refractivity contribution is 7.98. The molecule has 3 aromatic rings. The van der Waals surface area contributed by atoms with Crippen LogP contribution in [0.1, 0.15) is 29.0 Å². The Morgan fingerprint density at radius 3 is 2.82 bits per heavy atom. The van der Waals surface area contributed by atoms with Crippen LogP contribution in [0.4, 0.5) is 5.82 Å². The number of nitrogens with one attached hydrogen (secondary N) is 1. The van der Waals surface area contributed by atoms with E-state index in [0.717, 1.165) is 11.1 Å². The van der Waals surface area contributed by atoms with Crippen LogP contribution in [0.25, 0.3) is 0 Å². The van der Waals surface area contributed by atoms with Crippen LogP contribution in [0.3, 0.4) is 0 Å². The Kier molecular flexibility index (Phi) is 7.15. The summed E-state index contributed by atoms with van der Waals surface area (Å²) < 4.78 is 12.7. The first-order chi connectivity index (χ1) is 16.4. The number of fused-ring (bicyclic) bond motifs is 1. The van der Waals surface area contributed by atoms with Crippen molar-refractivity contribution in [3.8, 4) is 23.8 Å². The van der Waals surface area contributed by atoms with Crippen LogP contribution in [0.15, 0.2) is 52.4 Å². The monoisotopic (exact) mass is 495 g/mol. The van der Waals surface area contributed by atoms with Gasteiger partial charge in [0.05, 0.1) is 12.7 Å². The maximum absolute atomic E-state index is 13.2. The van der Waals surface area contributed by atoms with Crippen molar-refractivity contribution in [3.63, 3.8) is 0 Å². The molecule has 1 amide bonds. The van der Waals surface area contributed by atoms with E-state index in [0.29, 0.717) is 38.8 Å². The molecule has 2 heterocycles. The fourth-order valence-corrected chi connectivity index (χ4v) is 4.98. The van der Waals surface area contributed by atoms with Gasteiger partial charge in [-0.15, -0.1) is 6.42 Å². The number of carbonyl (C=O) groups excluding carboxylic acids is 1. The third-order valence-corrected chi connectivity index (χ3v) is 6.79. The number of hydrogen-bond donors (Lipinski definition) is 1. The van der Waals surface area contributed by atoms with Gasteiger partial charge in [-0.05, 0) is 35.4 Å². The van der Waals surface area contributed by atoms with E-state index in [2.05, 4.69) is 16.2 Å². The number of anilines is 1. The van der Waals surface area contributed by atoms with E-state index in [1.807, 2.05) is 24.3 Å². The van der Waals surface area contributed by atoms with Crippen molar-refractivity contribution in [2.75, 3.05) is 19.0 Å². The minimum atomic E-state index is -0.475. The zero-order chi connectivity index (χ0) is 24.2. The molecule has 7 nitrogen and oxygen atoms in total. The Labute approximate surface area is 206 Å². The second kappa shape index (κ2) is 10.2. The summed E-state index contributed by atoms with van der Waals surface area (Å²) in [7, 11) is 3.30. The van der Waals surface area contributed by atoms with Crippen molar-refractivity contribution in [1.82, 2.24) is 9.55 Å². The highest BCUT2D eigenvalue weighted by Crippen LogP contribution is 2.39. The van der Waals surface area contributed by atoms with Gasteiger partial charge in [0.1, 0.15) is 12.4 Å². The van der Waals surface area contributed by atoms with Gasteiger partial charge in [-0.2, -0.15) is 4.98 Å². The first kappa shape index (κ1) is 23.7. The summed E-state index contributed by atoms with van der Waals surface area (Å²) in [5.74, 6) is 3.74. The summed E-state index contributed by atoms with van der Waals surface area (Å²) in [4.78, 5) is 30.1. The predicted octanol–water partition coefficient (Wildman–Crippen LogP) is 4.22.